The van der Waals surface area contributed by atoms with Gasteiger partial charge in [-0.2, -0.15) is 0 Å². The van der Waals surface area contributed by atoms with Crippen molar-refractivity contribution in [2.45, 2.75) is 6.92 Å². The fraction of sp³-hybridized carbons (Fsp3) is 0.250. The van der Waals surface area contributed by atoms with E-state index in [1.54, 1.807) is 0 Å². The van der Waals surface area contributed by atoms with Crippen molar-refractivity contribution in [3.63, 3.8) is 0 Å². The van der Waals surface area contributed by atoms with Crippen LogP contribution in [0.4, 0.5) is 0 Å². The summed E-state index contributed by atoms with van der Waals surface area (Å²) >= 11 is 0. The molecule has 1 aromatic carbocycles. The summed E-state index contributed by atoms with van der Waals surface area (Å²) in [6.45, 7) is 1.37. The van der Waals surface area contributed by atoms with E-state index in [2.05, 4.69) is 4.52 Å². The van der Waals surface area contributed by atoms with E-state index in [-0.39, 0.29) is 6.61 Å². The molecule has 4 heteroatoms. The van der Waals surface area contributed by atoms with Gasteiger partial charge in [0.25, 0.3) is 0 Å². The standard InChI is InChI=1S/C8H11O3P/c1-2-11-12(9,10)8-6-4-3-5-7-8/h3-7H,2H2,1H3,(H,9,10)/i3D,4D,5D,6D,7D. The molecule has 0 saturated heterocycles. The van der Waals surface area contributed by atoms with Gasteiger partial charge < -0.3 is 9.42 Å². The summed E-state index contributed by atoms with van der Waals surface area (Å²) in [6, 6.07) is -3.35. The van der Waals surface area contributed by atoms with Gasteiger partial charge in [0.1, 0.15) is 0 Å². The maximum atomic E-state index is 11.7. The van der Waals surface area contributed by atoms with Gasteiger partial charge in [-0.15, -0.1) is 0 Å². The van der Waals surface area contributed by atoms with Gasteiger partial charge in [0.05, 0.1) is 18.8 Å². The van der Waals surface area contributed by atoms with Crippen molar-refractivity contribution in [1.29, 1.82) is 0 Å². The fourth-order valence-electron chi connectivity index (χ4n) is 0.624. The summed E-state index contributed by atoms with van der Waals surface area (Å²) in [5.74, 6) is 0. The lowest BCUT2D eigenvalue weighted by atomic mass is 10.4. The van der Waals surface area contributed by atoms with Crippen molar-refractivity contribution in [1.82, 2.24) is 0 Å². The van der Waals surface area contributed by atoms with Gasteiger partial charge in [0.15, 0.2) is 0 Å². The Kier molecular flexibility index (Phi) is 1.47. The minimum atomic E-state index is -4.39. The normalized spacial score (nSPS) is 21.3. The molecule has 0 fully saturated rings. The Morgan fingerprint density at radius 3 is 2.67 bits per heavy atom. The molecule has 1 atom stereocenters. The first kappa shape index (κ1) is 4.56. The number of hydrogen-bond acceptors (Lipinski definition) is 2. The van der Waals surface area contributed by atoms with E-state index in [1.165, 1.54) is 6.92 Å². The molecule has 0 spiro atoms. The van der Waals surface area contributed by atoms with E-state index in [0.29, 0.717) is 0 Å². The molecule has 0 aromatic heterocycles. The van der Waals surface area contributed by atoms with Crippen LogP contribution in [0.25, 0.3) is 0 Å². The predicted octanol–water partition coefficient (Wildman–Crippen LogP) is 1.53. The first-order chi connectivity index (χ1) is 7.74. The summed E-state index contributed by atoms with van der Waals surface area (Å²) in [7, 11) is -4.39. The summed E-state index contributed by atoms with van der Waals surface area (Å²) in [4.78, 5) is 9.55. The Balaban J connectivity index is 3.61. The van der Waals surface area contributed by atoms with E-state index in [1.807, 2.05) is 0 Å². The molecule has 0 heterocycles. The van der Waals surface area contributed by atoms with Crippen LogP contribution in [0, 0.1) is 0 Å². The Hall–Kier alpha value is -0.630. The molecule has 0 bridgehead atoms. The second-order valence-electron chi connectivity index (χ2n) is 1.91. The first-order valence-electron chi connectivity index (χ1n) is 5.78. The average Bonchev–Trinajstić information content (AvgIpc) is 2.23. The fourth-order valence-corrected chi connectivity index (χ4v) is 1.50. The Bertz CT molecular complexity index is 475. The number of benzene rings is 1. The SMILES string of the molecule is [2H]c1c([2H])c([2H])c(P(=O)(O)OCC)c([2H])c1[2H]. The van der Waals surface area contributed by atoms with Crippen LogP contribution >= 0.6 is 7.60 Å². The molecule has 1 rings (SSSR count). The van der Waals surface area contributed by atoms with E-state index >= 15 is 0 Å². The molecular formula is C8H11O3P. The summed E-state index contributed by atoms with van der Waals surface area (Å²) in [5.41, 5.74) is 0. The topological polar surface area (TPSA) is 46.5 Å². The van der Waals surface area contributed by atoms with Crippen LogP contribution in [-0.2, 0) is 9.09 Å². The third-order valence-electron chi connectivity index (χ3n) is 1.07. The quantitative estimate of drug-likeness (QED) is 0.737. The van der Waals surface area contributed by atoms with E-state index in [0.717, 1.165) is 0 Å². The van der Waals surface area contributed by atoms with Gasteiger partial charge in [-0.3, -0.25) is 4.57 Å². The Morgan fingerprint density at radius 2 is 2.17 bits per heavy atom. The van der Waals surface area contributed by atoms with Crippen molar-refractivity contribution in [2.24, 2.45) is 0 Å². The largest absolute Gasteiger partial charge is 0.358 e. The summed E-state index contributed by atoms with van der Waals surface area (Å²) < 4.78 is 53.3. The summed E-state index contributed by atoms with van der Waals surface area (Å²) in [6.07, 6.45) is 0. The van der Waals surface area contributed by atoms with Gasteiger partial charge in [-0.05, 0) is 19.0 Å². The molecule has 66 valence electrons. The lowest BCUT2D eigenvalue weighted by Gasteiger charge is -2.09. The highest BCUT2D eigenvalue weighted by Crippen LogP contribution is 2.39. The van der Waals surface area contributed by atoms with Gasteiger partial charge >= 0.3 is 7.60 Å². The molecular weight excluding hydrogens is 175 g/mol. The van der Waals surface area contributed by atoms with Gasteiger partial charge in [0.2, 0.25) is 0 Å². The molecule has 1 unspecified atom stereocenters. The highest BCUT2D eigenvalue weighted by molar-refractivity contribution is 7.61. The van der Waals surface area contributed by atoms with Crippen molar-refractivity contribution in [3.05, 3.63) is 30.2 Å². The smallest absolute Gasteiger partial charge is 0.321 e. The third kappa shape index (κ3) is 2.18. The van der Waals surface area contributed by atoms with E-state index < -0.39 is 43.1 Å². The third-order valence-corrected chi connectivity index (χ3v) is 2.47. The molecule has 3 nitrogen and oxygen atoms in total. The molecule has 0 saturated carbocycles. The van der Waals surface area contributed by atoms with Crippen LogP contribution in [0.1, 0.15) is 13.8 Å². The highest BCUT2D eigenvalue weighted by Gasteiger charge is 2.20. The highest BCUT2D eigenvalue weighted by atomic mass is 31.2. The molecule has 0 amide bonds. The molecule has 0 aliphatic heterocycles. The predicted molar refractivity (Wildman–Crippen MR) is 47.5 cm³/mol. The van der Waals surface area contributed by atoms with Crippen LogP contribution in [0.5, 0.6) is 0 Å². The van der Waals surface area contributed by atoms with Crippen LogP contribution in [0.3, 0.4) is 0 Å². The van der Waals surface area contributed by atoms with Gasteiger partial charge in [-0.1, -0.05) is 18.1 Å². The maximum Gasteiger partial charge on any atom is 0.358 e. The van der Waals surface area contributed by atoms with Crippen LogP contribution < -0.4 is 5.30 Å². The maximum absolute atomic E-state index is 11.7. The lowest BCUT2D eigenvalue weighted by molar-refractivity contribution is 0.284. The molecule has 1 aromatic rings. The lowest BCUT2D eigenvalue weighted by Crippen LogP contribution is -2.05. The Labute approximate surface area is 78.6 Å². The molecule has 0 aliphatic rings. The van der Waals surface area contributed by atoms with E-state index in [4.69, 9.17) is 6.85 Å². The van der Waals surface area contributed by atoms with Crippen molar-refractivity contribution in [2.75, 3.05) is 6.61 Å². The number of hydrogen-bond donors (Lipinski definition) is 1. The zero-order chi connectivity index (χ0) is 13.4. The number of rotatable bonds is 3. The average molecular weight is 191 g/mol. The monoisotopic (exact) mass is 191 g/mol. The second kappa shape index (κ2) is 3.85. The summed E-state index contributed by atoms with van der Waals surface area (Å²) in [5, 5.41) is -0.689. The second-order valence-corrected chi connectivity index (χ2v) is 3.66. The van der Waals surface area contributed by atoms with Crippen molar-refractivity contribution in [3.8, 4) is 0 Å². The van der Waals surface area contributed by atoms with Crippen molar-refractivity contribution >= 4 is 12.9 Å². The van der Waals surface area contributed by atoms with Crippen LogP contribution in [-0.4, -0.2) is 11.5 Å². The van der Waals surface area contributed by atoms with Crippen LogP contribution in [0.15, 0.2) is 30.2 Å². The molecule has 12 heavy (non-hydrogen) atoms. The van der Waals surface area contributed by atoms with Crippen molar-refractivity contribution < 1.29 is 20.8 Å². The molecule has 0 aliphatic carbocycles. The van der Waals surface area contributed by atoms with E-state index in [9.17, 15) is 9.46 Å². The zero-order valence-electron chi connectivity index (χ0n) is 11.4. The van der Waals surface area contributed by atoms with Gasteiger partial charge in [-0.25, -0.2) is 0 Å². The van der Waals surface area contributed by atoms with Crippen LogP contribution in [0.2, 0.25) is 0 Å². The zero-order valence-corrected chi connectivity index (χ0v) is 7.31. The molecule has 1 N–H and O–H groups in total. The minimum Gasteiger partial charge on any atom is -0.321 e. The van der Waals surface area contributed by atoms with Gasteiger partial charge in [0, 0.05) is 0 Å². The minimum absolute atomic E-state index is 0.101. The molecule has 0 radical (unpaired) electrons. The first-order valence-corrected chi connectivity index (χ1v) is 4.86. The Morgan fingerprint density at radius 1 is 1.58 bits per heavy atom.